The zero-order chi connectivity index (χ0) is 13.1. The van der Waals surface area contributed by atoms with Gasteiger partial charge in [0.1, 0.15) is 11.6 Å². The van der Waals surface area contributed by atoms with E-state index in [1.807, 2.05) is 6.92 Å². The summed E-state index contributed by atoms with van der Waals surface area (Å²) in [4.78, 5) is 0. The van der Waals surface area contributed by atoms with E-state index in [0.717, 1.165) is 18.9 Å². The topological polar surface area (TPSA) is 21.3 Å². The summed E-state index contributed by atoms with van der Waals surface area (Å²) in [6.07, 6.45) is 2.11. The molecule has 0 aliphatic heterocycles. The third-order valence-electron chi connectivity index (χ3n) is 3.38. The summed E-state index contributed by atoms with van der Waals surface area (Å²) in [5, 5.41) is 3.06. The summed E-state index contributed by atoms with van der Waals surface area (Å²) in [6.45, 7) is 2.50. The number of hydrogen-bond donors (Lipinski definition) is 1. The molecule has 0 radical (unpaired) electrons. The van der Waals surface area contributed by atoms with Crippen molar-refractivity contribution in [3.63, 3.8) is 0 Å². The zero-order valence-electron chi connectivity index (χ0n) is 10.7. The molecule has 2 rings (SSSR count). The highest BCUT2D eigenvalue weighted by molar-refractivity contribution is 5.24. The number of hydrogen-bond acceptors (Lipinski definition) is 2. The molecule has 0 heterocycles. The van der Waals surface area contributed by atoms with Gasteiger partial charge < -0.3 is 10.1 Å². The molecule has 1 aromatic rings. The van der Waals surface area contributed by atoms with Crippen molar-refractivity contribution in [2.45, 2.75) is 31.9 Å². The van der Waals surface area contributed by atoms with E-state index in [1.165, 1.54) is 12.1 Å². The van der Waals surface area contributed by atoms with Crippen molar-refractivity contribution in [3.05, 3.63) is 35.4 Å². The number of likely N-dealkylation sites (N-methyl/N-ethyl adjacent to an activating group) is 1. The molecule has 0 amide bonds. The van der Waals surface area contributed by atoms with Crippen LogP contribution in [0.3, 0.4) is 0 Å². The van der Waals surface area contributed by atoms with Crippen molar-refractivity contribution >= 4 is 0 Å². The van der Waals surface area contributed by atoms with E-state index < -0.39 is 5.82 Å². The van der Waals surface area contributed by atoms with Gasteiger partial charge in [-0.05, 0) is 50.9 Å². The summed E-state index contributed by atoms with van der Waals surface area (Å²) >= 11 is 0. The summed E-state index contributed by atoms with van der Waals surface area (Å²) in [5.74, 6) is -0.358. The van der Waals surface area contributed by atoms with Gasteiger partial charge in [-0.15, -0.1) is 0 Å². The Kier molecular flexibility index (Phi) is 4.30. The Bertz CT molecular complexity index is 407. The quantitative estimate of drug-likeness (QED) is 0.843. The van der Waals surface area contributed by atoms with Gasteiger partial charge in [0, 0.05) is 12.2 Å². The summed E-state index contributed by atoms with van der Waals surface area (Å²) in [6, 6.07) is 3.27. The lowest BCUT2D eigenvalue weighted by Gasteiger charge is -2.27. The molecule has 100 valence electrons. The molecule has 4 heteroatoms. The Labute approximate surface area is 106 Å². The highest BCUT2D eigenvalue weighted by Crippen LogP contribution is 2.40. The van der Waals surface area contributed by atoms with Crippen LogP contribution in [-0.2, 0) is 4.74 Å². The molecule has 2 unspecified atom stereocenters. The van der Waals surface area contributed by atoms with Crippen LogP contribution in [0.2, 0.25) is 0 Å². The maximum Gasteiger partial charge on any atom is 0.128 e. The Morgan fingerprint density at radius 1 is 1.39 bits per heavy atom. The zero-order valence-corrected chi connectivity index (χ0v) is 10.7. The van der Waals surface area contributed by atoms with Crippen molar-refractivity contribution in [3.8, 4) is 0 Å². The fourth-order valence-corrected chi connectivity index (χ4v) is 2.37. The maximum absolute atomic E-state index is 13.8. The molecule has 2 atom stereocenters. The smallest absolute Gasteiger partial charge is 0.128 e. The minimum atomic E-state index is -0.419. The van der Waals surface area contributed by atoms with Crippen LogP contribution in [0, 0.1) is 17.6 Å². The molecule has 0 aromatic heterocycles. The lowest BCUT2D eigenvalue weighted by molar-refractivity contribution is 0.0195. The molecule has 1 aliphatic carbocycles. The molecule has 1 N–H and O–H groups in total. The Balaban J connectivity index is 2.27. The van der Waals surface area contributed by atoms with E-state index >= 15 is 0 Å². The van der Waals surface area contributed by atoms with E-state index in [2.05, 4.69) is 5.32 Å². The van der Waals surface area contributed by atoms with E-state index in [9.17, 15) is 8.78 Å². The lowest BCUT2D eigenvalue weighted by Crippen LogP contribution is -2.34. The van der Waals surface area contributed by atoms with E-state index in [-0.39, 0.29) is 18.0 Å². The average Bonchev–Trinajstić information content (AvgIpc) is 3.17. The fraction of sp³-hybridized carbons (Fsp3) is 0.571. The van der Waals surface area contributed by atoms with E-state index in [0.29, 0.717) is 18.1 Å². The number of nitrogens with one attached hydrogen (secondary N) is 1. The second kappa shape index (κ2) is 5.76. The second-order valence-electron chi connectivity index (χ2n) is 4.69. The largest absolute Gasteiger partial charge is 0.376 e. The first-order chi connectivity index (χ1) is 8.67. The minimum absolute atomic E-state index is 0.0868. The van der Waals surface area contributed by atoms with Crippen molar-refractivity contribution < 1.29 is 13.5 Å². The summed E-state index contributed by atoms with van der Waals surface area (Å²) in [7, 11) is 1.75. The van der Waals surface area contributed by atoms with Gasteiger partial charge in [0.15, 0.2) is 0 Å². The first kappa shape index (κ1) is 13.4. The van der Waals surface area contributed by atoms with Crippen LogP contribution < -0.4 is 5.32 Å². The third kappa shape index (κ3) is 2.87. The highest BCUT2D eigenvalue weighted by atomic mass is 19.1. The normalized spacial score (nSPS) is 18.7. The molecule has 18 heavy (non-hydrogen) atoms. The second-order valence-corrected chi connectivity index (χ2v) is 4.69. The van der Waals surface area contributed by atoms with E-state index in [1.54, 1.807) is 7.05 Å². The van der Waals surface area contributed by atoms with Crippen LogP contribution in [0.25, 0.3) is 0 Å². The minimum Gasteiger partial charge on any atom is -0.376 e. The lowest BCUT2D eigenvalue weighted by atomic mass is 9.97. The van der Waals surface area contributed by atoms with Crippen LogP contribution in [0.1, 0.15) is 31.4 Å². The Morgan fingerprint density at radius 3 is 2.67 bits per heavy atom. The molecular formula is C14H19F2NO. The standard InChI is InChI=1S/C14H19F2NO/c1-3-18-14(9-4-5-9)13(17-2)11-8-10(15)6-7-12(11)16/h6-9,13-14,17H,3-5H2,1-2H3. The monoisotopic (exact) mass is 255 g/mol. The summed E-state index contributed by atoms with van der Waals surface area (Å²) < 4.78 is 32.8. The van der Waals surface area contributed by atoms with Crippen LogP contribution in [0.4, 0.5) is 8.78 Å². The molecule has 1 aliphatic rings. The first-order valence-electron chi connectivity index (χ1n) is 6.41. The highest BCUT2D eigenvalue weighted by Gasteiger charge is 2.38. The fourth-order valence-electron chi connectivity index (χ4n) is 2.37. The maximum atomic E-state index is 13.8. The van der Waals surface area contributed by atoms with Gasteiger partial charge in [0.05, 0.1) is 12.1 Å². The Morgan fingerprint density at radius 2 is 2.11 bits per heavy atom. The molecule has 1 saturated carbocycles. The van der Waals surface area contributed by atoms with Gasteiger partial charge in [0.2, 0.25) is 0 Å². The molecule has 0 bridgehead atoms. The SMILES string of the molecule is CCOC(C1CC1)C(NC)c1cc(F)ccc1F. The van der Waals surface area contributed by atoms with Crippen molar-refractivity contribution in [1.82, 2.24) is 5.32 Å². The third-order valence-corrected chi connectivity index (χ3v) is 3.38. The van der Waals surface area contributed by atoms with Gasteiger partial charge in [-0.3, -0.25) is 0 Å². The number of ether oxygens (including phenoxy) is 1. The van der Waals surface area contributed by atoms with Crippen LogP contribution in [0.5, 0.6) is 0 Å². The van der Waals surface area contributed by atoms with Crippen LogP contribution in [0.15, 0.2) is 18.2 Å². The van der Waals surface area contributed by atoms with Gasteiger partial charge in [0.25, 0.3) is 0 Å². The summed E-state index contributed by atoms with van der Waals surface area (Å²) in [5.41, 5.74) is 0.350. The van der Waals surface area contributed by atoms with Gasteiger partial charge in [-0.2, -0.15) is 0 Å². The van der Waals surface area contributed by atoms with Gasteiger partial charge >= 0.3 is 0 Å². The molecule has 0 saturated heterocycles. The van der Waals surface area contributed by atoms with Crippen molar-refractivity contribution in [1.29, 1.82) is 0 Å². The van der Waals surface area contributed by atoms with Crippen molar-refractivity contribution in [2.75, 3.05) is 13.7 Å². The number of halogens is 2. The van der Waals surface area contributed by atoms with E-state index in [4.69, 9.17) is 4.74 Å². The Hall–Kier alpha value is -1.00. The number of benzene rings is 1. The average molecular weight is 255 g/mol. The first-order valence-corrected chi connectivity index (χ1v) is 6.41. The molecule has 1 fully saturated rings. The van der Waals surface area contributed by atoms with Crippen LogP contribution in [-0.4, -0.2) is 19.8 Å². The predicted octanol–water partition coefficient (Wildman–Crippen LogP) is 3.04. The predicted molar refractivity (Wildman–Crippen MR) is 66.3 cm³/mol. The molecular weight excluding hydrogens is 236 g/mol. The van der Waals surface area contributed by atoms with Crippen LogP contribution >= 0.6 is 0 Å². The molecule has 1 aromatic carbocycles. The molecule has 0 spiro atoms. The van der Waals surface area contributed by atoms with Crippen molar-refractivity contribution in [2.24, 2.45) is 5.92 Å². The number of rotatable bonds is 6. The van der Waals surface area contributed by atoms with Gasteiger partial charge in [-0.25, -0.2) is 8.78 Å². The molecule has 2 nitrogen and oxygen atoms in total. The van der Waals surface area contributed by atoms with Gasteiger partial charge in [-0.1, -0.05) is 0 Å².